The summed E-state index contributed by atoms with van der Waals surface area (Å²) in [5, 5.41) is 14.5. The molecule has 0 heterocycles. The van der Waals surface area contributed by atoms with Gasteiger partial charge in [-0.2, -0.15) is 0 Å². The van der Waals surface area contributed by atoms with E-state index in [0.29, 0.717) is 12.0 Å². The van der Waals surface area contributed by atoms with Crippen molar-refractivity contribution in [3.05, 3.63) is 29.6 Å². The summed E-state index contributed by atoms with van der Waals surface area (Å²) in [6.07, 6.45) is 0.671. The molecule has 0 aromatic heterocycles. The number of phenolic OH excluding ortho intramolecular Hbond substituents is 1. The highest BCUT2D eigenvalue weighted by molar-refractivity contribution is 5.74. The van der Waals surface area contributed by atoms with E-state index in [1.165, 1.54) is 12.1 Å². The maximum absolute atomic E-state index is 13.1. The number of hydrogen-bond acceptors (Lipinski definition) is 3. The van der Waals surface area contributed by atoms with Crippen LogP contribution in [0, 0.1) is 5.82 Å². The van der Waals surface area contributed by atoms with E-state index in [1.54, 1.807) is 13.2 Å². The molecule has 0 unspecified atom stereocenters. The van der Waals surface area contributed by atoms with Crippen LogP contribution in [0.15, 0.2) is 18.2 Å². The van der Waals surface area contributed by atoms with Gasteiger partial charge in [0.2, 0.25) is 0 Å². The standard InChI is InChI=1S/C15H23FN2O3/c1-10(8-15(2,3)21-4)18-14(20)17-9-11-5-6-13(19)12(16)7-11/h5-7,10,19H,8-9H2,1-4H3,(H2,17,18,20)/t10-/m0/s1. The van der Waals surface area contributed by atoms with Crippen LogP contribution in [0.25, 0.3) is 0 Å². The third-order valence-corrected chi connectivity index (χ3v) is 3.19. The van der Waals surface area contributed by atoms with Gasteiger partial charge in [-0.1, -0.05) is 6.07 Å². The molecule has 0 bridgehead atoms. The Labute approximate surface area is 124 Å². The molecule has 2 amide bonds. The maximum atomic E-state index is 13.1. The summed E-state index contributed by atoms with van der Waals surface area (Å²) in [5.41, 5.74) is 0.262. The zero-order valence-electron chi connectivity index (χ0n) is 12.9. The summed E-state index contributed by atoms with van der Waals surface area (Å²) < 4.78 is 18.5. The predicted molar refractivity (Wildman–Crippen MR) is 78.6 cm³/mol. The largest absolute Gasteiger partial charge is 0.505 e. The van der Waals surface area contributed by atoms with Gasteiger partial charge >= 0.3 is 6.03 Å². The van der Waals surface area contributed by atoms with Crippen molar-refractivity contribution in [2.45, 2.75) is 45.4 Å². The van der Waals surface area contributed by atoms with Gasteiger partial charge in [-0.3, -0.25) is 0 Å². The third kappa shape index (κ3) is 5.99. The second-order valence-electron chi connectivity index (χ2n) is 5.68. The quantitative estimate of drug-likeness (QED) is 0.756. The van der Waals surface area contributed by atoms with Crippen LogP contribution in [0.4, 0.5) is 9.18 Å². The molecule has 0 aliphatic rings. The van der Waals surface area contributed by atoms with Crippen molar-refractivity contribution in [1.29, 1.82) is 0 Å². The zero-order valence-corrected chi connectivity index (χ0v) is 12.9. The van der Waals surface area contributed by atoms with Gasteiger partial charge in [-0.15, -0.1) is 0 Å². The number of benzene rings is 1. The minimum Gasteiger partial charge on any atom is -0.505 e. The first kappa shape index (κ1) is 17.2. The van der Waals surface area contributed by atoms with Crippen molar-refractivity contribution in [3.8, 4) is 5.75 Å². The summed E-state index contributed by atoms with van der Waals surface area (Å²) in [6.45, 7) is 5.97. The Morgan fingerprint density at radius 2 is 2.14 bits per heavy atom. The summed E-state index contributed by atoms with van der Waals surface area (Å²) in [4.78, 5) is 11.7. The fourth-order valence-corrected chi connectivity index (χ4v) is 1.99. The van der Waals surface area contributed by atoms with Crippen molar-refractivity contribution in [3.63, 3.8) is 0 Å². The highest BCUT2D eigenvalue weighted by Gasteiger charge is 2.21. The molecule has 0 saturated carbocycles. The SMILES string of the molecule is COC(C)(C)C[C@H](C)NC(=O)NCc1ccc(O)c(F)c1. The first-order valence-corrected chi connectivity index (χ1v) is 6.80. The van der Waals surface area contributed by atoms with E-state index in [-0.39, 0.29) is 24.2 Å². The van der Waals surface area contributed by atoms with E-state index in [0.717, 1.165) is 0 Å². The lowest BCUT2D eigenvalue weighted by Crippen LogP contribution is -2.43. The fraction of sp³-hybridized carbons (Fsp3) is 0.533. The first-order chi connectivity index (χ1) is 9.73. The molecule has 1 aromatic carbocycles. The molecule has 0 spiro atoms. The second-order valence-corrected chi connectivity index (χ2v) is 5.68. The molecular weight excluding hydrogens is 275 g/mol. The van der Waals surface area contributed by atoms with Crippen LogP contribution in [-0.4, -0.2) is 29.9 Å². The molecule has 21 heavy (non-hydrogen) atoms. The number of amides is 2. The Morgan fingerprint density at radius 1 is 1.48 bits per heavy atom. The van der Waals surface area contributed by atoms with E-state index in [1.807, 2.05) is 20.8 Å². The molecule has 0 aliphatic heterocycles. The molecule has 1 aromatic rings. The number of carbonyl (C=O) groups excluding carboxylic acids is 1. The molecule has 118 valence electrons. The Balaban J connectivity index is 2.42. The van der Waals surface area contributed by atoms with Gasteiger partial charge in [0, 0.05) is 19.7 Å². The molecule has 5 nitrogen and oxygen atoms in total. The lowest BCUT2D eigenvalue weighted by molar-refractivity contribution is 0.00950. The minimum absolute atomic E-state index is 0.0588. The average Bonchev–Trinajstić information content (AvgIpc) is 2.39. The molecule has 0 fully saturated rings. The van der Waals surface area contributed by atoms with Gasteiger partial charge < -0.3 is 20.5 Å². The topological polar surface area (TPSA) is 70.6 Å². The van der Waals surface area contributed by atoms with Gasteiger partial charge in [0.15, 0.2) is 11.6 Å². The second kappa shape index (κ2) is 7.26. The number of urea groups is 1. The number of rotatable bonds is 6. The number of nitrogens with one attached hydrogen (secondary N) is 2. The third-order valence-electron chi connectivity index (χ3n) is 3.19. The number of carbonyl (C=O) groups is 1. The number of phenols is 1. The van der Waals surface area contributed by atoms with E-state index in [4.69, 9.17) is 9.84 Å². The van der Waals surface area contributed by atoms with Crippen LogP contribution >= 0.6 is 0 Å². The summed E-state index contributed by atoms with van der Waals surface area (Å²) in [5.74, 6) is -1.11. The van der Waals surface area contributed by atoms with Crippen LogP contribution in [0.2, 0.25) is 0 Å². The Kier molecular flexibility index (Phi) is 5.96. The molecule has 0 aliphatic carbocycles. The van der Waals surface area contributed by atoms with E-state index in [9.17, 15) is 9.18 Å². The molecular formula is C15H23FN2O3. The Bertz CT molecular complexity index is 492. The van der Waals surface area contributed by atoms with Crippen LogP contribution in [0.3, 0.4) is 0 Å². The first-order valence-electron chi connectivity index (χ1n) is 6.80. The van der Waals surface area contributed by atoms with Crippen molar-refractivity contribution < 1.29 is 19.0 Å². The van der Waals surface area contributed by atoms with Crippen molar-refractivity contribution in [1.82, 2.24) is 10.6 Å². The van der Waals surface area contributed by atoms with Gasteiger partial charge in [0.25, 0.3) is 0 Å². The van der Waals surface area contributed by atoms with Gasteiger partial charge in [0.1, 0.15) is 0 Å². The number of halogens is 1. The predicted octanol–water partition coefficient (Wildman–Crippen LogP) is 2.53. The van der Waals surface area contributed by atoms with Gasteiger partial charge in [-0.25, -0.2) is 9.18 Å². The summed E-state index contributed by atoms with van der Waals surface area (Å²) >= 11 is 0. The Morgan fingerprint density at radius 3 is 2.71 bits per heavy atom. The molecule has 1 atom stereocenters. The van der Waals surface area contributed by atoms with Crippen LogP contribution in [-0.2, 0) is 11.3 Å². The summed E-state index contributed by atoms with van der Waals surface area (Å²) in [7, 11) is 1.63. The van der Waals surface area contributed by atoms with Crippen molar-refractivity contribution in [2.24, 2.45) is 0 Å². The molecule has 6 heteroatoms. The zero-order chi connectivity index (χ0) is 16.0. The average molecular weight is 298 g/mol. The lowest BCUT2D eigenvalue weighted by atomic mass is 10.00. The van der Waals surface area contributed by atoms with E-state index >= 15 is 0 Å². The normalized spacial score (nSPS) is 12.8. The molecule has 0 radical (unpaired) electrons. The van der Waals surface area contributed by atoms with Crippen LogP contribution < -0.4 is 10.6 Å². The summed E-state index contributed by atoms with van der Waals surface area (Å²) in [6, 6.07) is 3.61. The van der Waals surface area contributed by atoms with Crippen LogP contribution in [0.1, 0.15) is 32.8 Å². The highest BCUT2D eigenvalue weighted by atomic mass is 19.1. The number of methoxy groups -OCH3 is 1. The van der Waals surface area contributed by atoms with Gasteiger partial charge in [0.05, 0.1) is 5.60 Å². The number of hydrogen-bond donors (Lipinski definition) is 3. The molecule has 0 saturated heterocycles. The molecule has 1 rings (SSSR count). The minimum atomic E-state index is -0.704. The monoisotopic (exact) mass is 298 g/mol. The fourth-order valence-electron chi connectivity index (χ4n) is 1.99. The van der Waals surface area contributed by atoms with E-state index in [2.05, 4.69) is 10.6 Å². The van der Waals surface area contributed by atoms with Gasteiger partial charge in [-0.05, 0) is 44.9 Å². The maximum Gasteiger partial charge on any atom is 0.315 e. The van der Waals surface area contributed by atoms with Crippen molar-refractivity contribution in [2.75, 3.05) is 7.11 Å². The van der Waals surface area contributed by atoms with Crippen molar-refractivity contribution >= 4 is 6.03 Å². The lowest BCUT2D eigenvalue weighted by Gasteiger charge is -2.27. The van der Waals surface area contributed by atoms with E-state index < -0.39 is 11.6 Å². The Hall–Kier alpha value is -1.82. The smallest absolute Gasteiger partial charge is 0.315 e. The number of aromatic hydroxyl groups is 1. The number of ether oxygens (including phenoxy) is 1. The highest BCUT2D eigenvalue weighted by Crippen LogP contribution is 2.16. The molecule has 3 N–H and O–H groups in total. The van der Waals surface area contributed by atoms with Crippen LogP contribution in [0.5, 0.6) is 5.75 Å².